The molecule has 3 unspecified atom stereocenters. The molecule has 260 valence electrons. The number of carbonyl (C=O) groups excluding carboxylic acids is 6. The molecule has 45 heavy (non-hydrogen) atoms. The molecular weight excluding hydrogens is 578 g/mol. The lowest BCUT2D eigenvalue weighted by molar-refractivity contribution is -0.153. The molecular formula is C33H61N5O7. The third-order valence-corrected chi connectivity index (χ3v) is 5.88. The standard InChI is InChI=1S/C27H45N5O7.2C3H8/c1-9-12-17(20(34)23(36)28-14-10-2)30-22(35)18-13-11-15-32(18)24(37)21(26(3,4)5)31-25(38)29-16-19(33)39-27(6,7)8;2*1-3-2/h10,17-18,21H,2,9,11-16H2,1,3-8H3,(H,28,36)(H,30,35)(H2,29,31,38);2*3H2,1-2H3. The molecule has 1 aliphatic rings. The molecule has 0 aromatic rings. The molecule has 12 heteroatoms. The van der Waals surface area contributed by atoms with Crippen molar-refractivity contribution < 1.29 is 33.5 Å². The van der Waals surface area contributed by atoms with Gasteiger partial charge in [-0.3, -0.25) is 24.0 Å². The number of Topliss-reactive ketones (excluding diaryl/α,β-unsaturated/α-hetero) is 1. The second kappa shape index (κ2) is 22.1. The highest BCUT2D eigenvalue weighted by molar-refractivity contribution is 6.38. The van der Waals surface area contributed by atoms with Crippen molar-refractivity contribution in [2.45, 2.75) is 138 Å². The van der Waals surface area contributed by atoms with Crippen LogP contribution in [0.4, 0.5) is 4.79 Å². The van der Waals surface area contributed by atoms with Gasteiger partial charge in [-0.25, -0.2) is 4.79 Å². The first-order chi connectivity index (χ1) is 20.8. The highest BCUT2D eigenvalue weighted by Crippen LogP contribution is 2.26. The lowest BCUT2D eigenvalue weighted by Gasteiger charge is -2.35. The Labute approximate surface area is 271 Å². The van der Waals surface area contributed by atoms with Crippen molar-refractivity contribution >= 4 is 35.5 Å². The van der Waals surface area contributed by atoms with Crippen LogP contribution in [0.5, 0.6) is 0 Å². The molecule has 4 N–H and O–H groups in total. The summed E-state index contributed by atoms with van der Waals surface area (Å²) in [5, 5.41) is 10.1. The number of hydrogen-bond donors (Lipinski definition) is 4. The number of ketones is 1. The fourth-order valence-electron chi connectivity index (χ4n) is 4.07. The summed E-state index contributed by atoms with van der Waals surface area (Å²) in [4.78, 5) is 77.5. The van der Waals surface area contributed by atoms with E-state index in [-0.39, 0.29) is 26.1 Å². The molecule has 0 aliphatic carbocycles. The number of nitrogens with one attached hydrogen (secondary N) is 4. The van der Waals surface area contributed by atoms with Gasteiger partial charge >= 0.3 is 12.0 Å². The molecule has 0 saturated carbocycles. The summed E-state index contributed by atoms with van der Waals surface area (Å²) in [6.07, 6.45) is 5.68. The Morgan fingerprint density at radius 1 is 0.911 bits per heavy atom. The predicted molar refractivity (Wildman–Crippen MR) is 177 cm³/mol. The summed E-state index contributed by atoms with van der Waals surface area (Å²) in [5.41, 5.74) is -1.44. The first kappa shape index (κ1) is 43.7. The van der Waals surface area contributed by atoms with Crippen molar-refractivity contribution in [2.75, 3.05) is 19.6 Å². The first-order valence-electron chi connectivity index (χ1n) is 16.1. The first-order valence-corrected chi connectivity index (χ1v) is 16.1. The SMILES string of the molecule is C=CCNC(=O)C(=O)C(CCC)NC(=O)C1CCCN1C(=O)C(NC(=O)NCC(=O)OC(C)(C)C)C(C)(C)C.CCC.CCC. The Bertz CT molecular complexity index is 967. The summed E-state index contributed by atoms with van der Waals surface area (Å²) in [7, 11) is 0. The van der Waals surface area contributed by atoms with Crippen molar-refractivity contribution in [1.82, 2.24) is 26.2 Å². The fraction of sp³-hybridized carbons (Fsp3) is 0.758. The maximum atomic E-state index is 13.6. The van der Waals surface area contributed by atoms with Crippen LogP contribution in [0.1, 0.15) is 115 Å². The van der Waals surface area contributed by atoms with Crippen molar-refractivity contribution in [1.29, 1.82) is 0 Å². The van der Waals surface area contributed by atoms with Gasteiger partial charge in [0.1, 0.15) is 24.2 Å². The highest BCUT2D eigenvalue weighted by Gasteiger charge is 2.42. The van der Waals surface area contributed by atoms with Crippen molar-refractivity contribution in [3.05, 3.63) is 12.7 Å². The van der Waals surface area contributed by atoms with Crippen LogP contribution in [-0.4, -0.2) is 83.8 Å². The second-order valence-corrected chi connectivity index (χ2v) is 13.0. The Balaban J connectivity index is 0. The zero-order valence-electron chi connectivity index (χ0n) is 29.7. The average molecular weight is 640 g/mol. The molecule has 1 heterocycles. The van der Waals surface area contributed by atoms with E-state index in [1.165, 1.54) is 23.8 Å². The summed E-state index contributed by atoms with van der Waals surface area (Å²) in [6.45, 7) is 24.3. The van der Waals surface area contributed by atoms with Crippen LogP contribution in [-0.2, 0) is 28.7 Å². The summed E-state index contributed by atoms with van der Waals surface area (Å²) < 4.78 is 5.17. The van der Waals surface area contributed by atoms with Crippen molar-refractivity contribution in [3.63, 3.8) is 0 Å². The molecule has 3 atom stereocenters. The predicted octanol–water partition coefficient (Wildman–Crippen LogP) is 4.02. The number of esters is 1. The van der Waals surface area contributed by atoms with Crippen LogP contribution in [0.2, 0.25) is 0 Å². The summed E-state index contributed by atoms with van der Waals surface area (Å²) in [6, 6.07) is -3.63. The number of likely N-dealkylation sites (tertiary alicyclic amines) is 1. The normalized spacial score (nSPS) is 15.4. The third-order valence-electron chi connectivity index (χ3n) is 5.88. The van der Waals surface area contributed by atoms with E-state index in [0.29, 0.717) is 19.3 Å². The molecule has 0 aromatic carbocycles. The van der Waals surface area contributed by atoms with E-state index >= 15 is 0 Å². The van der Waals surface area contributed by atoms with Gasteiger partial charge in [-0.1, -0.05) is 80.7 Å². The van der Waals surface area contributed by atoms with Crippen molar-refractivity contribution in [3.8, 4) is 0 Å². The fourth-order valence-corrected chi connectivity index (χ4v) is 4.07. The molecule has 0 aromatic heterocycles. The van der Waals surface area contributed by atoms with E-state index in [1.54, 1.807) is 41.5 Å². The number of hydrogen-bond acceptors (Lipinski definition) is 7. The van der Waals surface area contributed by atoms with Gasteiger partial charge in [-0.2, -0.15) is 0 Å². The van der Waals surface area contributed by atoms with Crippen molar-refractivity contribution in [2.24, 2.45) is 5.41 Å². The third kappa shape index (κ3) is 18.2. The van der Waals surface area contributed by atoms with Crippen LogP contribution >= 0.6 is 0 Å². The van der Waals surface area contributed by atoms with Crippen LogP contribution in [0.15, 0.2) is 12.7 Å². The largest absolute Gasteiger partial charge is 0.459 e. The smallest absolute Gasteiger partial charge is 0.325 e. The number of amides is 5. The van der Waals surface area contributed by atoms with Crippen LogP contribution in [0.3, 0.4) is 0 Å². The van der Waals surface area contributed by atoms with Gasteiger partial charge in [-0.05, 0) is 45.4 Å². The number of ether oxygens (including phenoxy) is 1. The molecule has 1 aliphatic heterocycles. The molecule has 0 spiro atoms. The zero-order valence-corrected chi connectivity index (χ0v) is 29.7. The highest BCUT2D eigenvalue weighted by atomic mass is 16.6. The van der Waals surface area contributed by atoms with E-state index in [4.69, 9.17) is 4.74 Å². The average Bonchev–Trinajstić information content (AvgIpc) is 3.42. The number of nitrogens with zero attached hydrogens (tertiary/aromatic N) is 1. The molecule has 5 amide bonds. The van der Waals surface area contributed by atoms with Crippen LogP contribution < -0.4 is 21.3 Å². The molecule has 1 rings (SSSR count). The van der Waals surface area contributed by atoms with Crippen LogP contribution in [0.25, 0.3) is 0 Å². The summed E-state index contributed by atoms with van der Waals surface area (Å²) >= 11 is 0. The molecule has 0 bridgehead atoms. The lowest BCUT2D eigenvalue weighted by atomic mass is 9.85. The Morgan fingerprint density at radius 3 is 1.93 bits per heavy atom. The summed E-state index contributed by atoms with van der Waals surface area (Å²) in [5.74, 6) is -3.20. The van der Waals surface area contributed by atoms with Crippen LogP contribution in [0, 0.1) is 5.41 Å². The molecule has 0 radical (unpaired) electrons. The molecule has 1 saturated heterocycles. The van der Waals surface area contributed by atoms with Gasteiger partial charge in [0, 0.05) is 13.1 Å². The van der Waals surface area contributed by atoms with Gasteiger partial charge < -0.3 is 30.9 Å². The van der Waals surface area contributed by atoms with E-state index in [2.05, 4.69) is 55.5 Å². The number of urea groups is 1. The van der Waals surface area contributed by atoms with E-state index < -0.39 is 64.6 Å². The lowest BCUT2D eigenvalue weighted by Crippen LogP contribution is -2.60. The van der Waals surface area contributed by atoms with Gasteiger partial charge in [0.2, 0.25) is 17.6 Å². The van der Waals surface area contributed by atoms with E-state index in [9.17, 15) is 28.8 Å². The van der Waals surface area contributed by atoms with Gasteiger partial charge in [0.25, 0.3) is 5.91 Å². The van der Waals surface area contributed by atoms with Gasteiger partial charge in [0.15, 0.2) is 0 Å². The Kier molecular flexibility index (Phi) is 21.5. The molecule has 12 nitrogen and oxygen atoms in total. The van der Waals surface area contributed by atoms with Gasteiger partial charge in [0.05, 0.1) is 6.04 Å². The Hall–Kier alpha value is -3.44. The minimum absolute atomic E-state index is 0.120. The maximum absolute atomic E-state index is 13.6. The van der Waals surface area contributed by atoms with E-state index in [1.807, 2.05) is 6.92 Å². The Morgan fingerprint density at radius 2 is 1.47 bits per heavy atom. The monoisotopic (exact) mass is 639 g/mol. The zero-order chi connectivity index (χ0) is 35.4. The maximum Gasteiger partial charge on any atom is 0.325 e. The molecule has 1 fully saturated rings. The number of rotatable bonds is 12. The number of carbonyl (C=O) groups is 6. The van der Waals surface area contributed by atoms with E-state index in [0.717, 1.165) is 0 Å². The minimum atomic E-state index is -1.03. The minimum Gasteiger partial charge on any atom is -0.459 e. The topological polar surface area (TPSA) is 163 Å². The van der Waals surface area contributed by atoms with Gasteiger partial charge in [-0.15, -0.1) is 6.58 Å². The second-order valence-electron chi connectivity index (χ2n) is 13.0. The quantitative estimate of drug-likeness (QED) is 0.142.